The van der Waals surface area contributed by atoms with Gasteiger partial charge < -0.3 is 5.11 Å². The van der Waals surface area contributed by atoms with Gasteiger partial charge in [-0.1, -0.05) is 43.7 Å². The fourth-order valence-corrected chi connectivity index (χ4v) is 2.61. The van der Waals surface area contributed by atoms with Crippen molar-refractivity contribution in [2.75, 3.05) is 0 Å². The maximum absolute atomic E-state index is 10.4. The molecule has 1 aliphatic carbocycles. The molecule has 1 heteroatoms. The van der Waals surface area contributed by atoms with Crippen LogP contribution in [0.25, 0.3) is 0 Å². The van der Waals surface area contributed by atoms with E-state index < -0.39 is 5.60 Å². The molecule has 1 fully saturated rings. The van der Waals surface area contributed by atoms with Crippen LogP contribution in [0.1, 0.15) is 38.2 Å². The van der Waals surface area contributed by atoms with E-state index in [9.17, 15) is 5.11 Å². The van der Waals surface area contributed by atoms with Crippen molar-refractivity contribution in [3.8, 4) is 0 Å². The number of rotatable bonds is 3. The fourth-order valence-electron chi connectivity index (χ4n) is 2.61. The third kappa shape index (κ3) is 2.40. The van der Waals surface area contributed by atoms with Gasteiger partial charge in [0.15, 0.2) is 0 Å². The third-order valence-corrected chi connectivity index (χ3v) is 3.85. The van der Waals surface area contributed by atoms with Crippen molar-refractivity contribution in [2.24, 2.45) is 5.92 Å². The molecule has 1 nitrogen and oxygen atoms in total. The summed E-state index contributed by atoms with van der Waals surface area (Å²) in [6.07, 6.45) is 5.28. The van der Waals surface area contributed by atoms with Crippen LogP contribution in [-0.4, -0.2) is 10.7 Å². The summed E-state index contributed by atoms with van der Waals surface area (Å²) in [7, 11) is 0. The Morgan fingerprint density at radius 2 is 2.07 bits per heavy atom. The Morgan fingerprint density at radius 1 is 1.33 bits per heavy atom. The van der Waals surface area contributed by atoms with Crippen LogP contribution >= 0.6 is 0 Å². The number of aliphatic hydroxyl groups is 1. The quantitative estimate of drug-likeness (QED) is 0.801. The SMILES string of the molecule is CC1CCCC1(O)CCc1ccccc1. The molecule has 0 saturated heterocycles. The van der Waals surface area contributed by atoms with Crippen molar-refractivity contribution in [3.05, 3.63) is 35.9 Å². The van der Waals surface area contributed by atoms with E-state index in [1.54, 1.807) is 0 Å². The Morgan fingerprint density at radius 3 is 2.67 bits per heavy atom. The minimum Gasteiger partial charge on any atom is -0.390 e. The van der Waals surface area contributed by atoms with Crippen LogP contribution in [0.4, 0.5) is 0 Å². The second-order valence-corrected chi connectivity index (χ2v) is 4.88. The average molecular weight is 204 g/mol. The van der Waals surface area contributed by atoms with Gasteiger partial charge in [0.25, 0.3) is 0 Å². The third-order valence-electron chi connectivity index (χ3n) is 3.85. The van der Waals surface area contributed by atoms with Crippen molar-refractivity contribution in [1.29, 1.82) is 0 Å². The smallest absolute Gasteiger partial charge is 0.0676 e. The summed E-state index contributed by atoms with van der Waals surface area (Å²) in [6, 6.07) is 10.5. The van der Waals surface area contributed by atoms with Crippen LogP contribution in [0.3, 0.4) is 0 Å². The highest BCUT2D eigenvalue weighted by atomic mass is 16.3. The molecule has 0 amide bonds. The highest BCUT2D eigenvalue weighted by molar-refractivity contribution is 5.15. The molecule has 0 radical (unpaired) electrons. The first-order valence-electron chi connectivity index (χ1n) is 5.97. The van der Waals surface area contributed by atoms with Gasteiger partial charge in [0, 0.05) is 0 Å². The molecule has 0 bridgehead atoms. The zero-order valence-electron chi connectivity index (χ0n) is 9.45. The van der Waals surface area contributed by atoms with E-state index >= 15 is 0 Å². The molecule has 1 aliphatic rings. The predicted octanol–water partition coefficient (Wildman–Crippen LogP) is 3.17. The molecule has 1 N–H and O–H groups in total. The van der Waals surface area contributed by atoms with Crippen LogP contribution in [0.15, 0.2) is 30.3 Å². The van der Waals surface area contributed by atoms with Crippen molar-refractivity contribution < 1.29 is 5.11 Å². The maximum Gasteiger partial charge on any atom is 0.0676 e. The van der Waals surface area contributed by atoms with Gasteiger partial charge in [-0.15, -0.1) is 0 Å². The minimum absolute atomic E-state index is 0.393. The zero-order valence-corrected chi connectivity index (χ0v) is 9.45. The number of aryl methyl sites for hydroxylation is 1. The van der Waals surface area contributed by atoms with E-state index in [1.165, 1.54) is 18.4 Å². The molecule has 82 valence electrons. The number of hydrogen-bond acceptors (Lipinski definition) is 1. The van der Waals surface area contributed by atoms with E-state index in [4.69, 9.17) is 0 Å². The van der Waals surface area contributed by atoms with Gasteiger partial charge in [0.05, 0.1) is 5.60 Å². The second-order valence-electron chi connectivity index (χ2n) is 4.88. The Labute approximate surface area is 92.1 Å². The van der Waals surface area contributed by atoms with E-state index in [2.05, 4.69) is 31.2 Å². The predicted molar refractivity (Wildman–Crippen MR) is 62.7 cm³/mol. The number of hydrogen-bond donors (Lipinski definition) is 1. The molecule has 2 atom stereocenters. The summed E-state index contributed by atoms with van der Waals surface area (Å²) in [6.45, 7) is 2.18. The summed E-state index contributed by atoms with van der Waals surface area (Å²) in [5.74, 6) is 0.473. The second kappa shape index (κ2) is 4.36. The van der Waals surface area contributed by atoms with Gasteiger partial charge >= 0.3 is 0 Å². The molecule has 15 heavy (non-hydrogen) atoms. The molecule has 0 spiro atoms. The first-order chi connectivity index (χ1) is 7.21. The van der Waals surface area contributed by atoms with Gasteiger partial charge in [0.2, 0.25) is 0 Å². The van der Waals surface area contributed by atoms with Crippen LogP contribution in [0, 0.1) is 5.92 Å². The first kappa shape index (κ1) is 10.7. The Kier molecular flexibility index (Phi) is 3.11. The normalized spacial score (nSPS) is 30.7. The topological polar surface area (TPSA) is 20.2 Å². The lowest BCUT2D eigenvalue weighted by atomic mass is 9.86. The summed E-state index contributed by atoms with van der Waals surface area (Å²) in [5.41, 5.74) is 0.945. The lowest BCUT2D eigenvalue weighted by molar-refractivity contribution is 0.00132. The largest absolute Gasteiger partial charge is 0.390 e. The monoisotopic (exact) mass is 204 g/mol. The van der Waals surface area contributed by atoms with Crippen LogP contribution < -0.4 is 0 Å². The highest BCUT2D eigenvalue weighted by Crippen LogP contribution is 2.38. The lowest BCUT2D eigenvalue weighted by Crippen LogP contribution is -2.31. The van der Waals surface area contributed by atoms with E-state index in [0.29, 0.717) is 5.92 Å². The Balaban J connectivity index is 1.93. The van der Waals surface area contributed by atoms with Gasteiger partial charge in [-0.25, -0.2) is 0 Å². The molecule has 0 heterocycles. The summed E-state index contributed by atoms with van der Waals surface area (Å²) >= 11 is 0. The molecular formula is C14H20O. The van der Waals surface area contributed by atoms with E-state index in [-0.39, 0.29) is 0 Å². The fraction of sp³-hybridized carbons (Fsp3) is 0.571. The molecular weight excluding hydrogens is 184 g/mol. The minimum atomic E-state index is -0.393. The van der Waals surface area contributed by atoms with Gasteiger partial charge in [-0.2, -0.15) is 0 Å². The summed E-state index contributed by atoms with van der Waals surface area (Å²) in [5, 5.41) is 10.4. The lowest BCUT2D eigenvalue weighted by Gasteiger charge is -2.27. The van der Waals surface area contributed by atoms with E-state index in [0.717, 1.165) is 19.3 Å². The standard InChI is InChI=1S/C14H20O/c1-12-6-5-10-14(12,15)11-9-13-7-3-2-4-8-13/h2-4,7-8,12,15H,5-6,9-11H2,1H3. The molecule has 1 saturated carbocycles. The molecule has 2 rings (SSSR count). The highest BCUT2D eigenvalue weighted by Gasteiger charge is 2.37. The average Bonchev–Trinajstić information content (AvgIpc) is 2.59. The molecule has 2 unspecified atom stereocenters. The maximum atomic E-state index is 10.4. The Bertz CT molecular complexity index is 306. The number of benzene rings is 1. The summed E-state index contributed by atoms with van der Waals surface area (Å²) in [4.78, 5) is 0. The summed E-state index contributed by atoms with van der Waals surface area (Å²) < 4.78 is 0. The Hall–Kier alpha value is -0.820. The molecule has 0 aromatic heterocycles. The molecule has 0 aliphatic heterocycles. The van der Waals surface area contributed by atoms with Crippen LogP contribution in [-0.2, 0) is 6.42 Å². The first-order valence-corrected chi connectivity index (χ1v) is 5.97. The zero-order chi connectivity index (χ0) is 10.7. The van der Waals surface area contributed by atoms with Gasteiger partial charge in [-0.05, 0) is 37.2 Å². The van der Waals surface area contributed by atoms with Gasteiger partial charge in [0.1, 0.15) is 0 Å². The van der Waals surface area contributed by atoms with E-state index in [1.807, 2.05) is 6.07 Å². The van der Waals surface area contributed by atoms with Crippen molar-refractivity contribution in [1.82, 2.24) is 0 Å². The van der Waals surface area contributed by atoms with Crippen molar-refractivity contribution in [2.45, 2.75) is 44.6 Å². The van der Waals surface area contributed by atoms with Crippen molar-refractivity contribution in [3.63, 3.8) is 0 Å². The van der Waals surface area contributed by atoms with Crippen LogP contribution in [0.5, 0.6) is 0 Å². The van der Waals surface area contributed by atoms with Crippen molar-refractivity contribution >= 4 is 0 Å². The molecule has 1 aromatic rings. The van der Waals surface area contributed by atoms with Crippen LogP contribution in [0.2, 0.25) is 0 Å². The molecule has 1 aromatic carbocycles. The van der Waals surface area contributed by atoms with Gasteiger partial charge in [-0.3, -0.25) is 0 Å².